The molecule has 0 fully saturated rings. The van der Waals surface area contributed by atoms with Gasteiger partial charge in [0.2, 0.25) is 0 Å². The zero-order chi connectivity index (χ0) is 12.1. The van der Waals surface area contributed by atoms with Crippen molar-refractivity contribution in [3.05, 3.63) is 29.7 Å². The second kappa shape index (κ2) is 5.16. The van der Waals surface area contributed by atoms with Crippen molar-refractivity contribution in [2.45, 2.75) is 13.3 Å². The van der Waals surface area contributed by atoms with Crippen molar-refractivity contribution in [3.8, 4) is 0 Å². The van der Waals surface area contributed by atoms with E-state index in [1.165, 1.54) is 13.4 Å². The summed E-state index contributed by atoms with van der Waals surface area (Å²) >= 11 is 0. The summed E-state index contributed by atoms with van der Waals surface area (Å²) in [5.74, 6) is -1.29. The smallest absolute Gasteiger partial charge is 0.334 e. The molecule has 0 atom stereocenters. The Kier molecular flexibility index (Phi) is 3.88. The van der Waals surface area contributed by atoms with Crippen molar-refractivity contribution in [2.24, 2.45) is 0 Å². The Morgan fingerprint density at radius 3 is 2.62 bits per heavy atom. The van der Waals surface area contributed by atoms with Gasteiger partial charge in [0.25, 0.3) is 0 Å². The highest BCUT2D eigenvalue weighted by Gasteiger charge is 2.18. The third-order valence-electron chi connectivity index (χ3n) is 2.10. The molecule has 0 aliphatic heterocycles. The van der Waals surface area contributed by atoms with Gasteiger partial charge in [-0.1, -0.05) is 0 Å². The molecule has 0 radical (unpaired) electrons. The first-order valence-corrected chi connectivity index (χ1v) is 4.60. The molecule has 1 heterocycles. The number of methoxy groups -OCH3 is 1. The molecule has 0 amide bonds. The summed E-state index contributed by atoms with van der Waals surface area (Å²) in [6.07, 6.45) is 1.06. The van der Waals surface area contributed by atoms with E-state index < -0.39 is 11.9 Å². The van der Waals surface area contributed by atoms with Gasteiger partial charge in [0.05, 0.1) is 25.4 Å². The lowest BCUT2D eigenvalue weighted by molar-refractivity contribution is -0.141. The first-order chi connectivity index (χ1) is 7.56. The summed E-state index contributed by atoms with van der Waals surface area (Å²) < 4.78 is 9.62. The molecule has 1 aromatic rings. The summed E-state index contributed by atoms with van der Waals surface area (Å²) in [4.78, 5) is 22.0. The van der Waals surface area contributed by atoms with Crippen LogP contribution in [0.3, 0.4) is 0 Å². The fraction of sp³-hybridized carbons (Fsp3) is 0.273. The number of hydrogen-bond acceptors (Lipinski definition) is 4. The van der Waals surface area contributed by atoms with Gasteiger partial charge >= 0.3 is 11.9 Å². The minimum atomic E-state index is -1.09. The van der Waals surface area contributed by atoms with Gasteiger partial charge in [-0.05, 0) is 19.1 Å². The molecular formula is C11H12O5. The van der Waals surface area contributed by atoms with Gasteiger partial charge in [-0.2, -0.15) is 0 Å². The van der Waals surface area contributed by atoms with Crippen molar-refractivity contribution in [1.82, 2.24) is 0 Å². The Labute approximate surface area is 92.3 Å². The zero-order valence-corrected chi connectivity index (χ0v) is 9.02. The second-order valence-corrected chi connectivity index (χ2v) is 3.14. The average Bonchev–Trinajstić information content (AvgIpc) is 2.77. The quantitative estimate of drug-likeness (QED) is 0.622. The lowest BCUT2D eigenvalue weighted by Crippen LogP contribution is -2.11. The number of esters is 1. The maximum Gasteiger partial charge on any atom is 0.334 e. The van der Waals surface area contributed by atoms with E-state index in [-0.39, 0.29) is 12.0 Å². The molecule has 5 heteroatoms. The van der Waals surface area contributed by atoms with E-state index in [2.05, 4.69) is 4.74 Å². The number of allylic oxidation sites excluding steroid dienone is 1. The van der Waals surface area contributed by atoms with Crippen LogP contribution in [0, 0.1) is 0 Å². The summed E-state index contributed by atoms with van der Waals surface area (Å²) in [7, 11) is 1.21. The van der Waals surface area contributed by atoms with E-state index in [1.54, 1.807) is 19.1 Å². The highest BCUT2D eigenvalue weighted by atomic mass is 16.5. The number of hydrogen-bond donors (Lipinski definition) is 1. The van der Waals surface area contributed by atoms with Crippen LogP contribution in [-0.2, 0) is 14.3 Å². The molecule has 1 rings (SSSR count). The van der Waals surface area contributed by atoms with Gasteiger partial charge in [-0.15, -0.1) is 0 Å². The van der Waals surface area contributed by atoms with E-state index in [9.17, 15) is 9.59 Å². The fourth-order valence-electron chi connectivity index (χ4n) is 1.27. The Morgan fingerprint density at radius 2 is 2.19 bits per heavy atom. The standard InChI is InChI=1S/C11H12O5/c1-7(9-4-3-5-16-9)8(6-10(12)13)11(14)15-2/h3-5H,6H2,1-2H3,(H,12,13)/b8-7+. The van der Waals surface area contributed by atoms with Gasteiger partial charge in [-0.3, -0.25) is 4.79 Å². The van der Waals surface area contributed by atoms with E-state index in [1.807, 2.05) is 0 Å². The Hall–Kier alpha value is -2.04. The fourth-order valence-corrected chi connectivity index (χ4v) is 1.27. The number of rotatable bonds is 4. The van der Waals surface area contributed by atoms with E-state index in [0.29, 0.717) is 11.3 Å². The van der Waals surface area contributed by atoms with Gasteiger partial charge in [0.15, 0.2) is 0 Å². The molecule has 5 nitrogen and oxygen atoms in total. The van der Waals surface area contributed by atoms with Crippen LogP contribution in [0.5, 0.6) is 0 Å². The van der Waals surface area contributed by atoms with Gasteiger partial charge < -0.3 is 14.3 Å². The minimum Gasteiger partial charge on any atom is -0.481 e. The van der Waals surface area contributed by atoms with Gasteiger partial charge in [0, 0.05) is 5.57 Å². The Balaban J connectivity index is 3.12. The molecule has 0 aliphatic rings. The molecular weight excluding hydrogens is 212 g/mol. The van der Waals surface area contributed by atoms with Crippen molar-refractivity contribution < 1.29 is 23.8 Å². The van der Waals surface area contributed by atoms with Crippen LogP contribution in [0.15, 0.2) is 28.4 Å². The number of carboxylic acids is 1. The topological polar surface area (TPSA) is 76.7 Å². The number of carboxylic acid groups (broad SMARTS) is 1. The summed E-state index contributed by atoms with van der Waals surface area (Å²) in [6, 6.07) is 3.31. The van der Waals surface area contributed by atoms with Crippen molar-refractivity contribution in [2.75, 3.05) is 7.11 Å². The first kappa shape index (κ1) is 12.0. The molecule has 0 bridgehead atoms. The second-order valence-electron chi connectivity index (χ2n) is 3.14. The Morgan fingerprint density at radius 1 is 1.50 bits per heavy atom. The maximum atomic E-state index is 11.4. The molecule has 86 valence electrons. The number of furan rings is 1. The number of aliphatic carboxylic acids is 1. The Bertz CT molecular complexity index is 414. The van der Waals surface area contributed by atoms with Crippen LogP contribution in [0.2, 0.25) is 0 Å². The van der Waals surface area contributed by atoms with Crippen LogP contribution < -0.4 is 0 Å². The normalized spacial score (nSPS) is 11.9. The summed E-state index contributed by atoms with van der Waals surface area (Å²) in [6.45, 7) is 1.62. The molecule has 16 heavy (non-hydrogen) atoms. The first-order valence-electron chi connectivity index (χ1n) is 4.60. The van der Waals surface area contributed by atoms with Crippen LogP contribution in [0.4, 0.5) is 0 Å². The maximum absolute atomic E-state index is 11.4. The minimum absolute atomic E-state index is 0.0879. The van der Waals surface area contributed by atoms with Crippen molar-refractivity contribution in [3.63, 3.8) is 0 Å². The predicted octanol–water partition coefficient (Wildman–Crippen LogP) is 1.70. The van der Waals surface area contributed by atoms with Crippen LogP contribution in [0.1, 0.15) is 19.1 Å². The van der Waals surface area contributed by atoms with E-state index >= 15 is 0 Å². The third kappa shape index (κ3) is 2.73. The number of ether oxygens (including phenoxy) is 1. The highest BCUT2D eigenvalue weighted by molar-refractivity contribution is 6.00. The van der Waals surface area contributed by atoms with Gasteiger partial charge in [0.1, 0.15) is 5.76 Å². The summed E-state index contributed by atoms with van der Waals surface area (Å²) in [5, 5.41) is 8.70. The van der Waals surface area contributed by atoms with Gasteiger partial charge in [-0.25, -0.2) is 4.79 Å². The molecule has 0 saturated carbocycles. The van der Waals surface area contributed by atoms with E-state index in [0.717, 1.165) is 0 Å². The third-order valence-corrected chi connectivity index (χ3v) is 2.10. The molecule has 0 aromatic carbocycles. The molecule has 1 N–H and O–H groups in total. The molecule has 1 aromatic heterocycles. The van der Waals surface area contributed by atoms with Crippen LogP contribution >= 0.6 is 0 Å². The average molecular weight is 224 g/mol. The highest BCUT2D eigenvalue weighted by Crippen LogP contribution is 2.21. The van der Waals surface area contributed by atoms with Crippen LogP contribution in [-0.4, -0.2) is 24.2 Å². The number of carbonyl (C=O) groups is 2. The van der Waals surface area contributed by atoms with Crippen LogP contribution in [0.25, 0.3) is 5.57 Å². The monoisotopic (exact) mass is 224 g/mol. The van der Waals surface area contributed by atoms with Crippen molar-refractivity contribution >= 4 is 17.5 Å². The predicted molar refractivity (Wildman–Crippen MR) is 55.6 cm³/mol. The molecule has 0 aliphatic carbocycles. The lowest BCUT2D eigenvalue weighted by atomic mass is 10.0. The largest absolute Gasteiger partial charge is 0.481 e. The molecule has 0 unspecified atom stereocenters. The summed E-state index contributed by atoms with van der Waals surface area (Å²) in [5.41, 5.74) is 0.559. The van der Waals surface area contributed by atoms with Crippen molar-refractivity contribution in [1.29, 1.82) is 0 Å². The lowest BCUT2D eigenvalue weighted by Gasteiger charge is -2.06. The molecule has 0 spiro atoms. The van der Waals surface area contributed by atoms with E-state index in [4.69, 9.17) is 9.52 Å². The molecule has 0 saturated heterocycles. The number of carbonyl (C=O) groups excluding carboxylic acids is 1. The SMILES string of the molecule is COC(=O)/C(CC(=O)O)=C(\C)c1ccco1. The zero-order valence-electron chi connectivity index (χ0n) is 9.02.